The van der Waals surface area contributed by atoms with Crippen LogP contribution in [0, 0.1) is 22.2 Å². The first-order chi connectivity index (χ1) is 13.7. The normalized spacial score (nSPS) is 21.8. The van der Waals surface area contributed by atoms with Crippen LogP contribution in [0.3, 0.4) is 0 Å². The lowest BCUT2D eigenvalue weighted by Gasteiger charge is -2.34. The molecule has 1 unspecified atom stereocenters. The Hall–Kier alpha value is -1.95. The zero-order valence-electron chi connectivity index (χ0n) is 18.8. The van der Waals surface area contributed by atoms with Crippen molar-refractivity contribution in [3.8, 4) is 0 Å². The zero-order chi connectivity index (χ0) is 21.1. The third-order valence-electron chi connectivity index (χ3n) is 6.54. The molecule has 29 heavy (non-hydrogen) atoms. The smallest absolute Gasteiger partial charge is 0.144 e. The van der Waals surface area contributed by atoms with Gasteiger partial charge >= 0.3 is 0 Å². The van der Waals surface area contributed by atoms with E-state index in [-0.39, 0.29) is 0 Å². The van der Waals surface area contributed by atoms with Crippen LogP contribution in [0.2, 0.25) is 0 Å². The SMILES string of the molecule is CN/C=C(\C(C)=N)c1cnc(NCC2CC23CCN(CCC(C)(C)C)CC3)cn1. The Morgan fingerprint density at radius 3 is 2.55 bits per heavy atom. The van der Waals surface area contributed by atoms with Gasteiger partial charge in [0.1, 0.15) is 5.82 Å². The molecule has 1 spiro atoms. The Bertz CT molecular complexity index is 723. The summed E-state index contributed by atoms with van der Waals surface area (Å²) in [4.78, 5) is 11.7. The summed E-state index contributed by atoms with van der Waals surface area (Å²) in [6, 6.07) is 0. The highest BCUT2D eigenvalue weighted by atomic mass is 15.1. The van der Waals surface area contributed by atoms with E-state index in [1.54, 1.807) is 25.5 Å². The van der Waals surface area contributed by atoms with Crippen molar-refractivity contribution in [3.05, 3.63) is 24.3 Å². The van der Waals surface area contributed by atoms with E-state index in [0.717, 1.165) is 29.5 Å². The Labute approximate surface area is 176 Å². The minimum absolute atomic E-state index is 0.429. The molecule has 3 N–H and O–H groups in total. The van der Waals surface area contributed by atoms with Gasteiger partial charge in [0.15, 0.2) is 0 Å². The van der Waals surface area contributed by atoms with Crippen molar-refractivity contribution in [1.82, 2.24) is 20.2 Å². The molecule has 160 valence electrons. The van der Waals surface area contributed by atoms with Gasteiger partial charge in [-0.1, -0.05) is 20.8 Å². The quantitative estimate of drug-likeness (QED) is 0.577. The van der Waals surface area contributed by atoms with E-state index in [2.05, 4.69) is 46.3 Å². The molecule has 2 fully saturated rings. The summed E-state index contributed by atoms with van der Waals surface area (Å²) in [6.07, 6.45) is 10.6. The number of hydrogen-bond donors (Lipinski definition) is 3. The van der Waals surface area contributed by atoms with Crippen LogP contribution in [0.15, 0.2) is 18.6 Å². The first-order valence-corrected chi connectivity index (χ1v) is 10.9. The Morgan fingerprint density at radius 2 is 2.00 bits per heavy atom. The first-order valence-electron chi connectivity index (χ1n) is 10.9. The van der Waals surface area contributed by atoms with Crippen molar-refractivity contribution in [2.45, 2.75) is 53.4 Å². The van der Waals surface area contributed by atoms with Crippen molar-refractivity contribution in [1.29, 1.82) is 5.41 Å². The summed E-state index contributed by atoms with van der Waals surface area (Å²) in [5.41, 5.74) is 2.97. The average molecular weight is 399 g/mol. The molecule has 6 heteroatoms. The third-order valence-corrected chi connectivity index (χ3v) is 6.54. The second-order valence-corrected chi connectivity index (χ2v) is 10.1. The summed E-state index contributed by atoms with van der Waals surface area (Å²) in [7, 11) is 1.83. The van der Waals surface area contributed by atoms with Crippen molar-refractivity contribution in [2.24, 2.45) is 16.7 Å². The number of piperidine rings is 1. The summed E-state index contributed by atoms with van der Waals surface area (Å²) < 4.78 is 0. The predicted octanol–water partition coefficient (Wildman–Crippen LogP) is 4.03. The maximum absolute atomic E-state index is 7.88. The molecule has 0 bridgehead atoms. The Kier molecular flexibility index (Phi) is 6.62. The number of nitrogens with zero attached hydrogens (tertiary/aromatic N) is 3. The largest absolute Gasteiger partial charge is 0.393 e. The van der Waals surface area contributed by atoms with Crippen LogP contribution in [0.4, 0.5) is 5.82 Å². The fraction of sp³-hybridized carbons (Fsp3) is 0.696. The van der Waals surface area contributed by atoms with Gasteiger partial charge in [0, 0.05) is 31.1 Å². The lowest BCUT2D eigenvalue weighted by atomic mass is 9.88. The molecule has 1 saturated heterocycles. The molecule has 2 heterocycles. The molecule has 1 aliphatic heterocycles. The molecular weight excluding hydrogens is 360 g/mol. The van der Waals surface area contributed by atoms with Crippen LogP contribution in [-0.4, -0.2) is 53.8 Å². The van der Waals surface area contributed by atoms with Gasteiger partial charge in [-0.15, -0.1) is 0 Å². The minimum Gasteiger partial charge on any atom is -0.393 e. The summed E-state index contributed by atoms with van der Waals surface area (Å²) in [6.45, 7) is 13.5. The van der Waals surface area contributed by atoms with Gasteiger partial charge in [0.25, 0.3) is 0 Å². The fourth-order valence-electron chi connectivity index (χ4n) is 4.35. The molecule has 1 aromatic rings. The van der Waals surface area contributed by atoms with Crippen LogP contribution >= 0.6 is 0 Å². The molecule has 0 radical (unpaired) electrons. The molecule has 1 atom stereocenters. The molecule has 3 rings (SSSR count). The van der Waals surface area contributed by atoms with Gasteiger partial charge in [-0.25, -0.2) is 4.98 Å². The number of nitrogens with one attached hydrogen (secondary N) is 3. The third kappa shape index (κ3) is 5.78. The molecule has 6 nitrogen and oxygen atoms in total. The van der Waals surface area contributed by atoms with Crippen LogP contribution < -0.4 is 10.6 Å². The highest BCUT2D eigenvalue weighted by Gasteiger charge is 2.54. The number of anilines is 1. The number of rotatable bonds is 8. The molecule has 0 amide bonds. The Balaban J connectivity index is 1.44. The molecule has 1 aliphatic carbocycles. The molecule has 1 aromatic heterocycles. The van der Waals surface area contributed by atoms with E-state index in [1.807, 2.05) is 7.05 Å². The molecule has 1 saturated carbocycles. The van der Waals surface area contributed by atoms with E-state index >= 15 is 0 Å². The van der Waals surface area contributed by atoms with Gasteiger partial charge in [-0.3, -0.25) is 4.98 Å². The lowest BCUT2D eigenvalue weighted by molar-refractivity contribution is 0.147. The van der Waals surface area contributed by atoms with Gasteiger partial charge in [-0.05, 0) is 69.0 Å². The van der Waals surface area contributed by atoms with Crippen molar-refractivity contribution < 1.29 is 0 Å². The van der Waals surface area contributed by atoms with E-state index in [1.165, 1.54) is 45.3 Å². The number of likely N-dealkylation sites (tertiary alicyclic amines) is 1. The standard InChI is InChI=1S/C23H38N6/c1-17(24)19(14-25-5)20-15-28-21(16-26-20)27-13-18-12-23(18)7-10-29(11-8-23)9-6-22(2,3)4/h14-16,18,24-25H,6-13H2,1-5H3,(H,27,28)/b19-14+,24-17?. The van der Waals surface area contributed by atoms with Crippen LogP contribution in [0.25, 0.3) is 5.57 Å². The number of allylic oxidation sites excluding steroid dienone is 1. The van der Waals surface area contributed by atoms with E-state index in [9.17, 15) is 0 Å². The molecule has 0 aromatic carbocycles. The van der Waals surface area contributed by atoms with Crippen LogP contribution in [-0.2, 0) is 0 Å². The predicted molar refractivity (Wildman–Crippen MR) is 121 cm³/mol. The molecular formula is C23H38N6. The van der Waals surface area contributed by atoms with E-state index < -0.39 is 0 Å². The highest BCUT2D eigenvalue weighted by molar-refractivity contribution is 6.20. The van der Waals surface area contributed by atoms with E-state index in [4.69, 9.17) is 5.41 Å². The van der Waals surface area contributed by atoms with Crippen molar-refractivity contribution in [3.63, 3.8) is 0 Å². The van der Waals surface area contributed by atoms with Gasteiger partial charge in [0.05, 0.1) is 18.1 Å². The first kappa shape index (κ1) is 21.8. The fourth-order valence-corrected chi connectivity index (χ4v) is 4.35. The number of aromatic nitrogens is 2. The van der Waals surface area contributed by atoms with Gasteiger partial charge < -0.3 is 20.9 Å². The van der Waals surface area contributed by atoms with Crippen LogP contribution in [0.1, 0.15) is 59.1 Å². The number of hydrogen-bond acceptors (Lipinski definition) is 6. The zero-order valence-corrected chi connectivity index (χ0v) is 18.8. The summed E-state index contributed by atoms with van der Waals surface area (Å²) >= 11 is 0. The molecule has 2 aliphatic rings. The van der Waals surface area contributed by atoms with Crippen LogP contribution in [0.5, 0.6) is 0 Å². The van der Waals surface area contributed by atoms with Gasteiger partial charge in [0.2, 0.25) is 0 Å². The maximum Gasteiger partial charge on any atom is 0.144 e. The maximum atomic E-state index is 7.88. The lowest BCUT2D eigenvalue weighted by Crippen LogP contribution is -2.37. The minimum atomic E-state index is 0.429. The van der Waals surface area contributed by atoms with Crippen molar-refractivity contribution in [2.75, 3.05) is 38.5 Å². The highest BCUT2D eigenvalue weighted by Crippen LogP contribution is 2.59. The topological polar surface area (TPSA) is 76.9 Å². The second kappa shape index (κ2) is 8.82. The monoisotopic (exact) mass is 398 g/mol. The second-order valence-electron chi connectivity index (χ2n) is 10.1. The van der Waals surface area contributed by atoms with Gasteiger partial charge in [-0.2, -0.15) is 0 Å². The summed E-state index contributed by atoms with van der Waals surface area (Å²) in [5, 5.41) is 14.3. The van der Waals surface area contributed by atoms with E-state index in [0.29, 0.717) is 16.5 Å². The average Bonchev–Trinajstić information content (AvgIpc) is 3.35. The summed E-state index contributed by atoms with van der Waals surface area (Å²) in [5.74, 6) is 1.59. The Morgan fingerprint density at radius 1 is 1.28 bits per heavy atom. The van der Waals surface area contributed by atoms with Crippen molar-refractivity contribution >= 4 is 17.1 Å².